The summed E-state index contributed by atoms with van der Waals surface area (Å²) < 4.78 is 11.3. The standard InChI is InChI=1S/C17H32O3/c1-5-17(13-19-6-2,15-10-8-7-9-11-15)16(18)20-12-14(3)4/h14-15H,5-13H2,1-4H3. The first-order chi connectivity index (χ1) is 9.56. The molecule has 0 aliphatic heterocycles. The van der Waals surface area contributed by atoms with Gasteiger partial charge in [-0.05, 0) is 38.0 Å². The number of esters is 1. The molecule has 1 atom stereocenters. The van der Waals surface area contributed by atoms with Crippen LogP contribution in [0.5, 0.6) is 0 Å². The Labute approximate surface area is 124 Å². The molecule has 0 amide bonds. The van der Waals surface area contributed by atoms with E-state index in [4.69, 9.17) is 9.47 Å². The van der Waals surface area contributed by atoms with Crippen LogP contribution in [0.15, 0.2) is 0 Å². The first-order valence-electron chi connectivity index (χ1n) is 8.31. The molecular weight excluding hydrogens is 252 g/mol. The van der Waals surface area contributed by atoms with Crippen molar-refractivity contribution in [2.45, 2.75) is 66.2 Å². The van der Waals surface area contributed by atoms with E-state index in [0.29, 0.717) is 31.7 Å². The van der Waals surface area contributed by atoms with Crippen molar-refractivity contribution in [1.29, 1.82) is 0 Å². The second-order valence-electron chi connectivity index (χ2n) is 6.47. The van der Waals surface area contributed by atoms with Crippen LogP contribution in [0.2, 0.25) is 0 Å². The van der Waals surface area contributed by atoms with Gasteiger partial charge in [0.05, 0.1) is 18.6 Å². The molecule has 0 spiro atoms. The molecule has 1 aliphatic carbocycles. The topological polar surface area (TPSA) is 35.5 Å². The molecule has 0 N–H and O–H groups in total. The summed E-state index contributed by atoms with van der Waals surface area (Å²) in [6.07, 6.45) is 6.85. The molecule has 0 radical (unpaired) electrons. The lowest BCUT2D eigenvalue weighted by atomic mass is 9.67. The Hall–Kier alpha value is -0.570. The Morgan fingerprint density at radius 3 is 2.35 bits per heavy atom. The van der Waals surface area contributed by atoms with E-state index in [9.17, 15) is 4.79 Å². The van der Waals surface area contributed by atoms with E-state index >= 15 is 0 Å². The summed E-state index contributed by atoms with van der Waals surface area (Å²) in [5.41, 5.74) is -0.425. The molecule has 118 valence electrons. The number of hydrogen-bond donors (Lipinski definition) is 0. The highest BCUT2D eigenvalue weighted by molar-refractivity contribution is 5.77. The zero-order valence-electron chi connectivity index (χ0n) is 13.7. The van der Waals surface area contributed by atoms with Gasteiger partial charge in [-0.1, -0.05) is 40.0 Å². The molecule has 0 heterocycles. The van der Waals surface area contributed by atoms with Gasteiger partial charge in [0.25, 0.3) is 0 Å². The van der Waals surface area contributed by atoms with Gasteiger partial charge in [0.15, 0.2) is 0 Å². The van der Waals surface area contributed by atoms with Crippen LogP contribution >= 0.6 is 0 Å². The fourth-order valence-corrected chi connectivity index (χ4v) is 3.20. The number of carbonyl (C=O) groups is 1. The van der Waals surface area contributed by atoms with Crippen LogP contribution in [-0.2, 0) is 14.3 Å². The normalized spacial score (nSPS) is 19.9. The number of carbonyl (C=O) groups excluding carboxylic acids is 1. The first-order valence-corrected chi connectivity index (χ1v) is 8.31. The summed E-state index contributed by atoms with van der Waals surface area (Å²) in [4.78, 5) is 12.7. The Morgan fingerprint density at radius 2 is 1.85 bits per heavy atom. The summed E-state index contributed by atoms with van der Waals surface area (Å²) in [7, 11) is 0. The minimum atomic E-state index is -0.425. The second-order valence-corrected chi connectivity index (χ2v) is 6.47. The van der Waals surface area contributed by atoms with Crippen molar-refractivity contribution in [3.05, 3.63) is 0 Å². The third-order valence-electron chi connectivity index (χ3n) is 4.54. The Kier molecular flexibility index (Phi) is 7.57. The molecular formula is C17H32O3. The van der Waals surface area contributed by atoms with Gasteiger partial charge < -0.3 is 9.47 Å². The largest absolute Gasteiger partial charge is 0.465 e. The number of hydrogen-bond acceptors (Lipinski definition) is 3. The predicted molar refractivity (Wildman–Crippen MR) is 81.6 cm³/mol. The van der Waals surface area contributed by atoms with E-state index in [0.717, 1.165) is 19.3 Å². The molecule has 3 nitrogen and oxygen atoms in total. The minimum Gasteiger partial charge on any atom is -0.465 e. The minimum absolute atomic E-state index is 0.0333. The summed E-state index contributed by atoms with van der Waals surface area (Å²) in [5, 5.41) is 0. The highest BCUT2D eigenvalue weighted by Gasteiger charge is 2.46. The van der Waals surface area contributed by atoms with Crippen LogP contribution in [0, 0.1) is 17.3 Å². The maximum absolute atomic E-state index is 12.7. The Bertz CT molecular complexity index is 282. The molecule has 3 heteroatoms. The molecule has 0 bridgehead atoms. The third kappa shape index (κ3) is 4.47. The van der Waals surface area contributed by atoms with E-state index in [1.807, 2.05) is 6.92 Å². The van der Waals surface area contributed by atoms with Gasteiger partial charge in [-0.3, -0.25) is 4.79 Å². The van der Waals surface area contributed by atoms with E-state index in [-0.39, 0.29) is 5.97 Å². The van der Waals surface area contributed by atoms with Gasteiger partial charge in [0, 0.05) is 6.61 Å². The number of rotatable bonds is 8. The molecule has 1 unspecified atom stereocenters. The fraction of sp³-hybridized carbons (Fsp3) is 0.941. The molecule has 0 aromatic heterocycles. The van der Waals surface area contributed by atoms with Crippen LogP contribution in [-0.4, -0.2) is 25.8 Å². The summed E-state index contributed by atoms with van der Waals surface area (Å²) in [5.74, 6) is 0.772. The smallest absolute Gasteiger partial charge is 0.314 e. The Morgan fingerprint density at radius 1 is 1.20 bits per heavy atom. The molecule has 0 saturated heterocycles. The van der Waals surface area contributed by atoms with Crippen molar-refractivity contribution >= 4 is 5.97 Å². The zero-order valence-corrected chi connectivity index (χ0v) is 13.7. The molecule has 0 aromatic rings. The fourth-order valence-electron chi connectivity index (χ4n) is 3.20. The van der Waals surface area contributed by atoms with Crippen molar-refractivity contribution in [3.8, 4) is 0 Å². The summed E-state index contributed by atoms with van der Waals surface area (Å²) in [6.45, 7) is 9.92. The lowest BCUT2D eigenvalue weighted by molar-refractivity contribution is -0.167. The van der Waals surface area contributed by atoms with E-state index in [1.165, 1.54) is 19.3 Å². The average molecular weight is 284 g/mol. The highest BCUT2D eigenvalue weighted by atomic mass is 16.5. The van der Waals surface area contributed by atoms with Crippen molar-refractivity contribution in [2.75, 3.05) is 19.8 Å². The van der Waals surface area contributed by atoms with E-state index < -0.39 is 5.41 Å². The van der Waals surface area contributed by atoms with Gasteiger partial charge in [-0.15, -0.1) is 0 Å². The Balaban J connectivity index is 2.81. The maximum atomic E-state index is 12.7. The molecule has 0 aromatic carbocycles. The van der Waals surface area contributed by atoms with Gasteiger partial charge in [0.1, 0.15) is 0 Å². The van der Waals surface area contributed by atoms with E-state index in [2.05, 4.69) is 20.8 Å². The quantitative estimate of drug-likeness (QED) is 0.627. The van der Waals surface area contributed by atoms with Crippen LogP contribution in [0.4, 0.5) is 0 Å². The van der Waals surface area contributed by atoms with Crippen LogP contribution in [0.1, 0.15) is 66.2 Å². The van der Waals surface area contributed by atoms with E-state index in [1.54, 1.807) is 0 Å². The van der Waals surface area contributed by atoms with Gasteiger partial charge >= 0.3 is 5.97 Å². The van der Waals surface area contributed by atoms with Crippen molar-refractivity contribution < 1.29 is 14.3 Å². The maximum Gasteiger partial charge on any atom is 0.314 e. The molecule has 20 heavy (non-hydrogen) atoms. The lowest BCUT2D eigenvalue weighted by Gasteiger charge is -2.39. The first kappa shape index (κ1) is 17.5. The third-order valence-corrected chi connectivity index (χ3v) is 4.54. The lowest BCUT2D eigenvalue weighted by Crippen LogP contribution is -2.44. The molecule has 1 aliphatic rings. The van der Waals surface area contributed by atoms with Crippen molar-refractivity contribution in [3.63, 3.8) is 0 Å². The van der Waals surface area contributed by atoms with Gasteiger partial charge in [0.2, 0.25) is 0 Å². The van der Waals surface area contributed by atoms with Crippen molar-refractivity contribution in [1.82, 2.24) is 0 Å². The number of ether oxygens (including phenoxy) is 2. The highest BCUT2D eigenvalue weighted by Crippen LogP contribution is 2.42. The van der Waals surface area contributed by atoms with Crippen LogP contribution < -0.4 is 0 Å². The monoisotopic (exact) mass is 284 g/mol. The average Bonchev–Trinajstić information content (AvgIpc) is 2.47. The SMILES string of the molecule is CCOCC(CC)(C(=O)OCC(C)C)C1CCCCC1. The predicted octanol–water partition coefficient (Wildman–Crippen LogP) is 4.20. The zero-order chi connectivity index (χ0) is 15.0. The van der Waals surface area contributed by atoms with Gasteiger partial charge in [-0.25, -0.2) is 0 Å². The molecule has 1 rings (SSSR count). The summed E-state index contributed by atoms with van der Waals surface area (Å²) in [6, 6.07) is 0. The molecule has 1 saturated carbocycles. The van der Waals surface area contributed by atoms with Crippen LogP contribution in [0.25, 0.3) is 0 Å². The van der Waals surface area contributed by atoms with Crippen LogP contribution in [0.3, 0.4) is 0 Å². The van der Waals surface area contributed by atoms with Crippen molar-refractivity contribution in [2.24, 2.45) is 17.3 Å². The summed E-state index contributed by atoms with van der Waals surface area (Å²) >= 11 is 0. The van der Waals surface area contributed by atoms with Gasteiger partial charge in [-0.2, -0.15) is 0 Å². The second kappa shape index (κ2) is 8.66. The molecule has 1 fully saturated rings.